The molecular weight excluding hydrogens is 198 g/mol. The van der Waals surface area contributed by atoms with Crippen LogP contribution in [0.4, 0.5) is 11.6 Å². The minimum absolute atomic E-state index is 0.915. The Morgan fingerprint density at radius 2 is 1.25 bits per heavy atom. The van der Waals surface area contributed by atoms with Crippen molar-refractivity contribution in [2.75, 3.05) is 11.9 Å². The maximum absolute atomic E-state index is 4.47. The van der Waals surface area contributed by atoms with Crippen molar-refractivity contribution in [1.82, 2.24) is 9.97 Å². The molecule has 3 nitrogen and oxygen atoms in total. The molecule has 2 aromatic heterocycles. The summed E-state index contributed by atoms with van der Waals surface area (Å²) in [5.41, 5.74) is 2.02. The largest absolute Gasteiger partial charge is 0.314 e. The molecule has 0 bridgehead atoms. The van der Waals surface area contributed by atoms with Gasteiger partial charge in [0.15, 0.2) is 0 Å². The van der Waals surface area contributed by atoms with Crippen LogP contribution in [0.25, 0.3) is 0 Å². The monoisotopic (exact) mass is 213 g/mol. The first kappa shape index (κ1) is 10.6. The van der Waals surface area contributed by atoms with Crippen molar-refractivity contribution < 1.29 is 0 Å². The first-order chi connectivity index (χ1) is 7.66. The van der Waals surface area contributed by atoms with Crippen molar-refractivity contribution >= 4 is 11.6 Å². The van der Waals surface area contributed by atoms with Gasteiger partial charge in [-0.3, -0.25) is 0 Å². The zero-order valence-corrected chi connectivity index (χ0v) is 9.81. The molecule has 0 saturated carbocycles. The second-order valence-electron chi connectivity index (χ2n) is 3.83. The molecule has 0 fully saturated rings. The van der Waals surface area contributed by atoms with Gasteiger partial charge in [0.05, 0.1) is 0 Å². The van der Waals surface area contributed by atoms with Crippen molar-refractivity contribution in [2.45, 2.75) is 13.8 Å². The van der Waals surface area contributed by atoms with Crippen LogP contribution >= 0.6 is 0 Å². The summed E-state index contributed by atoms with van der Waals surface area (Å²) in [6.45, 7) is 3.97. The molecule has 2 rings (SSSR count). The van der Waals surface area contributed by atoms with E-state index in [9.17, 15) is 0 Å². The molecule has 0 saturated heterocycles. The van der Waals surface area contributed by atoms with Crippen LogP contribution in [-0.2, 0) is 0 Å². The van der Waals surface area contributed by atoms with Gasteiger partial charge in [-0.25, -0.2) is 9.97 Å². The highest BCUT2D eigenvalue weighted by molar-refractivity contribution is 5.54. The van der Waals surface area contributed by atoms with Crippen LogP contribution in [0.15, 0.2) is 36.4 Å². The third-order valence-electron chi connectivity index (χ3n) is 2.43. The van der Waals surface area contributed by atoms with E-state index in [0.29, 0.717) is 0 Å². The van der Waals surface area contributed by atoms with E-state index in [1.807, 2.05) is 62.2 Å². The van der Waals surface area contributed by atoms with E-state index in [2.05, 4.69) is 9.97 Å². The van der Waals surface area contributed by atoms with Gasteiger partial charge in [0.2, 0.25) is 0 Å². The van der Waals surface area contributed by atoms with Crippen LogP contribution in [0, 0.1) is 13.8 Å². The Hall–Kier alpha value is -1.90. The third-order valence-corrected chi connectivity index (χ3v) is 2.43. The third kappa shape index (κ3) is 2.19. The lowest BCUT2D eigenvalue weighted by molar-refractivity contribution is 1.04. The van der Waals surface area contributed by atoms with Crippen LogP contribution in [0.1, 0.15) is 11.4 Å². The highest BCUT2D eigenvalue weighted by atomic mass is 15.2. The summed E-state index contributed by atoms with van der Waals surface area (Å²) in [7, 11) is 1.98. The van der Waals surface area contributed by atoms with E-state index in [1.165, 1.54) is 0 Å². The highest BCUT2D eigenvalue weighted by Crippen LogP contribution is 2.19. The molecule has 0 aliphatic carbocycles. The first-order valence-corrected chi connectivity index (χ1v) is 5.28. The van der Waals surface area contributed by atoms with Crippen LogP contribution in [-0.4, -0.2) is 17.0 Å². The van der Waals surface area contributed by atoms with Crippen LogP contribution < -0.4 is 4.90 Å². The molecule has 2 aromatic rings. The number of nitrogens with zero attached hydrogens (tertiary/aromatic N) is 3. The number of rotatable bonds is 2. The number of hydrogen-bond acceptors (Lipinski definition) is 3. The molecule has 0 radical (unpaired) electrons. The fraction of sp³-hybridized carbons (Fsp3) is 0.231. The zero-order valence-electron chi connectivity index (χ0n) is 9.81. The summed E-state index contributed by atoms with van der Waals surface area (Å²) >= 11 is 0. The van der Waals surface area contributed by atoms with E-state index in [4.69, 9.17) is 0 Å². The molecule has 82 valence electrons. The Bertz CT molecular complexity index is 449. The molecule has 0 atom stereocenters. The van der Waals surface area contributed by atoms with E-state index in [0.717, 1.165) is 23.0 Å². The van der Waals surface area contributed by atoms with Crippen molar-refractivity contribution in [3.8, 4) is 0 Å². The van der Waals surface area contributed by atoms with Gasteiger partial charge < -0.3 is 4.90 Å². The number of hydrogen-bond donors (Lipinski definition) is 0. The molecule has 0 spiro atoms. The van der Waals surface area contributed by atoms with E-state index in [-0.39, 0.29) is 0 Å². The van der Waals surface area contributed by atoms with Gasteiger partial charge in [0.25, 0.3) is 0 Å². The topological polar surface area (TPSA) is 29.0 Å². The SMILES string of the molecule is Cc1cccc(N(C)c2cccc(C)n2)n1. The molecule has 16 heavy (non-hydrogen) atoms. The quantitative estimate of drug-likeness (QED) is 0.768. The van der Waals surface area contributed by atoms with Gasteiger partial charge in [-0.2, -0.15) is 0 Å². The Labute approximate surface area is 95.8 Å². The minimum atomic E-state index is 0.915. The van der Waals surface area contributed by atoms with Crippen LogP contribution in [0.3, 0.4) is 0 Å². The molecule has 0 aliphatic heterocycles. The molecule has 0 aromatic carbocycles. The fourth-order valence-electron chi connectivity index (χ4n) is 1.55. The van der Waals surface area contributed by atoms with Gasteiger partial charge >= 0.3 is 0 Å². The standard InChI is InChI=1S/C13H15N3/c1-10-6-4-8-12(14-10)16(3)13-9-5-7-11(2)15-13/h4-9H,1-3H3. The minimum Gasteiger partial charge on any atom is -0.314 e. The van der Waals surface area contributed by atoms with Gasteiger partial charge in [-0.15, -0.1) is 0 Å². The van der Waals surface area contributed by atoms with Crippen LogP contribution in [0.2, 0.25) is 0 Å². The first-order valence-electron chi connectivity index (χ1n) is 5.28. The van der Waals surface area contributed by atoms with Crippen molar-refractivity contribution in [3.63, 3.8) is 0 Å². The van der Waals surface area contributed by atoms with E-state index >= 15 is 0 Å². The van der Waals surface area contributed by atoms with E-state index in [1.54, 1.807) is 0 Å². The molecule has 3 heteroatoms. The number of anilines is 2. The summed E-state index contributed by atoms with van der Waals surface area (Å²) in [5, 5.41) is 0. The highest BCUT2D eigenvalue weighted by Gasteiger charge is 2.06. The molecule has 2 heterocycles. The Kier molecular flexibility index (Phi) is 2.86. The average Bonchev–Trinajstić information content (AvgIpc) is 2.28. The summed E-state index contributed by atoms with van der Waals surface area (Å²) in [5.74, 6) is 1.83. The summed E-state index contributed by atoms with van der Waals surface area (Å²) in [6.07, 6.45) is 0. The molecule has 0 unspecified atom stereocenters. The Morgan fingerprint density at radius 1 is 0.812 bits per heavy atom. The lowest BCUT2D eigenvalue weighted by Crippen LogP contribution is -2.13. The summed E-state index contributed by atoms with van der Waals surface area (Å²) < 4.78 is 0. The summed E-state index contributed by atoms with van der Waals surface area (Å²) in [6, 6.07) is 11.9. The normalized spacial score (nSPS) is 10.2. The van der Waals surface area contributed by atoms with Crippen molar-refractivity contribution in [3.05, 3.63) is 47.8 Å². The van der Waals surface area contributed by atoms with Crippen LogP contribution in [0.5, 0.6) is 0 Å². The molecule has 0 N–H and O–H groups in total. The fourth-order valence-corrected chi connectivity index (χ4v) is 1.55. The van der Waals surface area contributed by atoms with Gasteiger partial charge in [-0.05, 0) is 38.1 Å². The predicted molar refractivity (Wildman–Crippen MR) is 66.0 cm³/mol. The molecule has 0 aliphatic rings. The lowest BCUT2D eigenvalue weighted by atomic mass is 10.3. The number of aromatic nitrogens is 2. The average molecular weight is 213 g/mol. The molecule has 0 amide bonds. The van der Waals surface area contributed by atoms with Gasteiger partial charge in [-0.1, -0.05) is 12.1 Å². The van der Waals surface area contributed by atoms with Gasteiger partial charge in [0.1, 0.15) is 11.6 Å². The molecular formula is C13H15N3. The second-order valence-corrected chi connectivity index (χ2v) is 3.83. The Morgan fingerprint density at radius 3 is 1.62 bits per heavy atom. The predicted octanol–water partition coefficient (Wildman–Crippen LogP) is 2.86. The van der Waals surface area contributed by atoms with E-state index < -0.39 is 0 Å². The smallest absolute Gasteiger partial charge is 0.134 e. The maximum Gasteiger partial charge on any atom is 0.134 e. The number of aryl methyl sites for hydroxylation is 2. The van der Waals surface area contributed by atoms with Crippen molar-refractivity contribution in [1.29, 1.82) is 0 Å². The summed E-state index contributed by atoms with van der Waals surface area (Å²) in [4.78, 5) is 10.9. The second kappa shape index (κ2) is 4.31. The maximum atomic E-state index is 4.47. The van der Waals surface area contributed by atoms with Gasteiger partial charge in [0, 0.05) is 18.4 Å². The number of pyridine rings is 2. The lowest BCUT2D eigenvalue weighted by Gasteiger charge is -2.17. The Balaban J connectivity index is 2.35. The van der Waals surface area contributed by atoms with Crippen molar-refractivity contribution in [2.24, 2.45) is 0 Å². The zero-order chi connectivity index (χ0) is 11.5.